The van der Waals surface area contributed by atoms with Crippen LogP contribution >= 0.6 is 12.6 Å². The molecule has 0 N–H and O–H groups in total. The van der Waals surface area contributed by atoms with Gasteiger partial charge in [-0.25, -0.2) is 0 Å². The van der Waals surface area contributed by atoms with Crippen LogP contribution in [0.15, 0.2) is 0 Å². The van der Waals surface area contributed by atoms with E-state index in [0.29, 0.717) is 12.2 Å². The van der Waals surface area contributed by atoms with Crippen molar-refractivity contribution in [3.8, 4) is 0 Å². The van der Waals surface area contributed by atoms with Crippen LogP contribution in [0, 0.1) is 0 Å². The van der Waals surface area contributed by atoms with Gasteiger partial charge in [0.15, 0.2) is 0 Å². The van der Waals surface area contributed by atoms with Crippen LogP contribution in [0.1, 0.15) is 13.3 Å². The molecule has 3 nitrogen and oxygen atoms in total. The monoisotopic (exact) mass is 206 g/mol. The molecule has 0 amide bonds. The zero-order chi connectivity index (χ0) is 9.52. The van der Waals surface area contributed by atoms with Gasteiger partial charge in [0.2, 0.25) is 0 Å². The molecule has 0 saturated carbocycles. The lowest BCUT2D eigenvalue weighted by molar-refractivity contribution is 0.102. The fraction of sp³-hybridized carbons (Fsp3) is 1.00. The van der Waals surface area contributed by atoms with E-state index in [2.05, 4.69) is 19.6 Å². The summed E-state index contributed by atoms with van der Waals surface area (Å²) in [6, 6.07) is 0. The first-order valence-electron chi connectivity index (χ1n) is 4.78. The molecule has 2 atom stereocenters. The fourth-order valence-corrected chi connectivity index (χ4v) is 0.659. The highest BCUT2D eigenvalue weighted by Gasteiger charge is 2.26. The Labute approximate surface area is 85.1 Å². The van der Waals surface area contributed by atoms with Crippen molar-refractivity contribution in [3.05, 3.63) is 0 Å². The molecule has 4 heteroatoms. The van der Waals surface area contributed by atoms with E-state index in [1.807, 2.05) is 0 Å². The van der Waals surface area contributed by atoms with E-state index in [1.165, 1.54) is 6.42 Å². The van der Waals surface area contributed by atoms with Crippen molar-refractivity contribution >= 4 is 12.6 Å². The predicted molar refractivity (Wildman–Crippen MR) is 54.4 cm³/mol. The standard InChI is InChI=1S/C6H10O3.C3H8S/c1(5-3-8-5)7-2-6-4-9-6;1-2-3-4/h5-6H,1-4H2;4H,2-3H2,1H3. The van der Waals surface area contributed by atoms with Crippen molar-refractivity contribution in [2.24, 2.45) is 0 Å². The van der Waals surface area contributed by atoms with E-state index in [0.717, 1.165) is 32.2 Å². The summed E-state index contributed by atoms with van der Waals surface area (Å²) in [7, 11) is 0. The summed E-state index contributed by atoms with van der Waals surface area (Å²) in [5.74, 6) is 1.01. The predicted octanol–water partition coefficient (Wildman–Crippen LogP) is 1.13. The van der Waals surface area contributed by atoms with Crippen molar-refractivity contribution in [2.75, 3.05) is 32.2 Å². The van der Waals surface area contributed by atoms with Crippen LogP contribution in [0.3, 0.4) is 0 Å². The normalized spacial score (nSPS) is 29.1. The molecule has 2 aliphatic rings. The van der Waals surface area contributed by atoms with Gasteiger partial charge < -0.3 is 14.2 Å². The summed E-state index contributed by atoms with van der Waals surface area (Å²) in [6.45, 7) is 5.36. The molecule has 13 heavy (non-hydrogen) atoms. The smallest absolute Gasteiger partial charge is 0.104 e. The Kier molecular flexibility index (Phi) is 5.78. The molecule has 0 radical (unpaired) electrons. The van der Waals surface area contributed by atoms with Gasteiger partial charge in [-0.3, -0.25) is 0 Å². The van der Waals surface area contributed by atoms with Crippen molar-refractivity contribution in [1.29, 1.82) is 0 Å². The first kappa shape index (κ1) is 11.3. The zero-order valence-electron chi connectivity index (χ0n) is 8.07. The average molecular weight is 206 g/mol. The lowest BCUT2D eigenvalue weighted by Gasteiger charge is -1.95. The maximum Gasteiger partial charge on any atom is 0.104 e. The van der Waals surface area contributed by atoms with Crippen LogP contribution in [0.25, 0.3) is 0 Å². The molecule has 2 fully saturated rings. The second kappa shape index (κ2) is 6.65. The van der Waals surface area contributed by atoms with E-state index in [9.17, 15) is 0 Å². The van der Waals surface area contributed by atoms with Gasteiger partial charge in [-0.05, 0) is 12.2 Å². The number of ether oxygens (including phenoxy) is 3. The molecule has 2 saturated heterocycles. The highest BCUT2D eigenvalue weighted by molar-refractivity contribution is 7.80. The van der Waals surface area contributed by atoms with E-state index in [-0.39, 0.29) is 0 Å². The van der Waals surface area contributed by atoms with Crippen LogP contribution in [0.5, 0.6) is 0 Å². The van der Waals surface area contributed by atoms with Gasteiger partial charge in [-0.2, -0.15) is 12.6 Å². The number of hydrogen-bond donors (Lipinski definition) is 1. The maximum absolute atomic E-state index is 5.23. The maximum atomic E-state index is 5.23. The lowest BCUT2D eigenvalue weighted by atomic mass is 10.5. The lowest BCUT2D eigenvalue weighted by Crippen LogP contribution is -2.06. The number of thiol groups is 1. The molecule has 0 aromatic heterocycles. The third-order valence-corrected chi connectivity index (χ3v) is 2.08. The molecular formula is C9H18O3S. The molecule has 0 aromatic carbocycles. The quantitative estimate of drug-likeness (QED) is 0.541. The molecule has 0 aliphatic carbocycles. The highest BCUT2D eigenvalue weighted by atomic mass is 32.1. The fourth-order valence-electron chi connectivity index (χ4n) is 0.659. The number of hydrogen-bond acceptors (Lipinski definition) is 4. The highest BCUT2D eigenvalue weighted by Crippen LogP contribution is 2.12. The Morgan fingerprint density at radius 1 is 1.23 bits per heavy atom. The minimum atomic E-state index is 0.392. The van der Waals surface area contributed by atoms with Crippen LogP contribution in [-0.2, 0) is 14.2 Å². The van der Waals surface area contributed by atoms with E-state index in [4.69, 9.17) is 14.2 Å². The summed E-state index contributed by atoms with van der Waals surface area (Å²) in [5, 5.41) is 0. The molecule has 2 unspecified atom stereocenters. The Bertz CT molecular complexity index is 110. The summed E-state index contributed by atoms with van der Waals surface area (Å²) < 4.78 is 15.1. The molecular weight excluding hydrogens is 188 g/mol. The van der Waals surface area contributed by atoms with Crippen molar-refractivity contribution in [2.45, 2.75) is 25.6 Å². The minimum Gasteiger partial charge on any atom is -0.376 e. The number of epoxide rings is 2. The van der Waals surface area contributed by atoms with Crippen LogP contribution in [0.4, 0.5) is 0 Å². The van der Waals surface area contributed by atoms with E-state index >= 15 is 0 Å². The van der Waals surface area contributed by atoms with Crippen molar-refractivity contribution in [1.82, 2.24) is 0 Å². The molecule has 2 heterocycles. The Morgan fingerprint density at radius 2 is 1.62 bits per heavy atom. The van der Waals surface area contributed by atoms with Gasteiger partial charge in [0.1, 0.15) is 12.2 Å². The largest absolute Gasteiger partial charge is 0.376 e. The average Bonchev–Trinajstić information content (AvgIpc) is 2.98. The van der Waals surface area contributed by atoms with E-state index < -0.39 is 0 Å². The number of rotatable bonds is 5. The van der Waals surface area contributed by atoms with Crippen molar-refractivity contribution in [3.63, 3.8) is 0 Å². The zero-order valence-corrected chi connectivity index (χ0v) is 8.96. The molecule has 0 spiro atoms. The molecule has 78 valence electrons. The van der Waals surface area contributed by atoms with Crippen LogP contribution < -0.4 is 0 Å². The second-order valence-corrected chi connectivity index (χ2v) is 3.62. The molecule has 0 bridgehead atoms. The summed E-state index contributed by atoms with van der Waals surface area (Å²) in [6.07, 6.45) is 1.97. The first-order valence-corrected chi connectivity index (χ1v) is 5.41. The summed E-state index contributed by atoms with van der Waals surface area (Å²) in [4.78, 5) is 0. The third-order valence-electron chi connectivity index (χ3n) is 1.64. The first-order chi connectivity index (χ1) is 6.36. The van der Waals surface area contributed by atoms with Crippen molar-refractivity contribution < 1.29 is 14.2 Å². The molecule has 2 aliphatic heterocycles. The molecule has 2 rings (SSSR count). The van der Waals surface area contributed by atoms with Gasteiger partial charge in [-0.15, -0.1) is 0 Å². The van der Waals surface area contributed by atoms with E-state index in [1.54, 1.807) is 0 Å². The van der Waals surface area contributed by atoms with Gasteiger partial charge in [0.25, 0.3) is 0 Å². The van der Waals surface area contributed by atoms with Gasteiger partial charge >= 0.3 is 0 Å². The van der Waals surface area contributed by atoms with Crippen LogP contribution in [0.2, 0.25) is 0 Å². The molecule has 0 aromatic rings. The van der Waals surface area contributed by atoms with Gasteiger partial charge in [0, 0.05) is 0 Å². The Hall–Kier alpha value is 0.230. The van der Waals surface area contributed by atoms with Crippen LogP contribution in [-0.4, -0.2) is 44.4 Å². The Morgan fingerprint density at radius 3 is 1.85 bits per heavy atom. The third kappa shape index (κ3) is 7.31. The summed E-state index contributed by atoms with van der Waals surface area (Å²) in [5.41, 5.74) is 0. The summed E-state index contributed by atoms with van der Waals surface area (Å²) >= 11 is 3.92. The SMILES string of the molecule is C(OCC1CO1)C1CO1.CCCS. The van der Waals surface area contributed by atoms with Gasteiger partial charge in [0.05, 0.1) is 26.4 Å². The topological polar surface area (TPSA) is 34.3 Å². The second-order valence-electron chi connectivity index (χ2n) is 3.17. The van der Waals surface area contributed by atoms with Gasteiger partial charge in [-0.1, -0.05) is 6.92 Å². The minimum absolute atomic E-state index is 0.392. The Balaban J connectivity index is 0.000000184.